The number of rotatable bonds is 2. The van der Waals surface area contributed by atoms with E-state index in [4.69, 9.17) is 4.74 Å². The summed E-state index contributed by atoms with van der Waals surface area (Å²) in [6.07, 6.45) is 0. The van der Waals surface area contributed by atoms with Crippen molar-refractivity contribution in [3.63, 3.8) is 0 Å². The Labute approximate surface area is 104 Å². The molecule has 0 saturated carbocycles. The van der Waals surface area contributed by atoms with Gasteiger partial charge in [-0.3, -0.25) is 0 Å². The Morgan fingerprint density at radius 1 is 1.11 bits per heavy atom. The van der Waals surface area contributed by atoms with Gasteiger partial charge in [-0.1, -0.05) is 24.3 Å². The summed E-state index contributed by atoms with van der Waals surface area (Å²) in [5, 5.41) is 10.1. The van der Waals surface area contributed by atoms with Gasteiger partial charge in [-0.05, 0) is 24.3 Å². The van der Waals surface area contributed by atoms with Crippen LogP contribution in [-0.4, -0.2) is 22.0 Å². The van der Waals surface area contributed by atoms with Crippen LogP contribution in [0.1, 0.15) is 0 Å². The summed E-state index contributed by atoms with van der Waals surface area (Å²) in [6, 6.07) is 14.9. The molecule has 0 amide bonds. The van der Waals surface area contributed by atoms with Crippen LogP contribution in [0.2, 0.25) is 0 Å². The minimum Gasteiger partial charge on any atom is -0.497 e. The maximum absolute atomic E-state index is 10.1. The number of fused-ring (bicyclic) bond motifs is 1. The first-order valence-electron chi connectivity index (χ1n) is 5.61. The van der Waals surface area contributed by atoms with E-state index in [1.165, 1.54) is 0 Å². The third-order valence-electron chi connectivity index (χ3n) is 2.86. The van der Waals surface area contributed by atoms with Crippen molar-refractivity contribution in [1.82, 2.24) is 9.71 Å². The predicted molar refractivity (Wildman–Crippen MR) is 68.9 cm³/mol. The van der Waals surface area contributed by atoms with Crippen LogP contribution >= 0.6 is 0 Å². The number of para-hydroxylation sites is 2. The van der Waals surface area contributed by atoms with E-state index >= 15 is 0 Å². The van der Waals surface area contributed by atoms with Gasteiger partial charge in [-0.15, -0.1) is 0 Å². The minimum absolute atomic E-state index is 0.509. The molecule has 0 bridgehead atoms. The Morgan fingerprint density at radius 3 is 2.72 bits per heavy atom. The van der Waals surface area contributed by atoms with Gasteiger partial charge in [-0.2, -0.15) is 4.73 Å². The third-order valence-corrected chi connectivity index (χ3v) is 2.86. The highest BCUT2D eigenvalue weighted by molar-refractivity contribution is 5.80. The molecule has 90 valence electrons. The van der Waals surface area contributed by atoms with Crippen LogP contribution < -0.4 is 4.74 Å². The van der Waals surface area contributed by atoms with Gasteiger partial charge in [0.15, 0.2) is 5.82 Å². The molecule has 0 aliphatic rings. The second kappa shape index (κ2) is 4.07. The first kappa shape index (κ1) is 10.7. The first-order chi connectivity index (χ1) is 8.79. The number of hydrogen-bond acceptors (Lipinski definition) is 3. The Bertz CT molecular complexity index is 704. The summed E-state index contributed by atoms with van der Waals surface area (Å²) in [6.45, 7) is 0. The van der Waals surface area contributed by atoms with Gasteiger partial charge in [0.1, 0.15) is 11.3 Å². The second-order valence-corrected chi connectivity index (χ2v) is 3.97. The molecule has 0 radical (unpaired) electrons. The molecule has 18 heavy (non-hydrogen) atoms. The molecule has 3 rings (SSSR count). The third kappa shape index (κ3) is 1.59. The van der Waals surface area contributed by atoms with Crippen LogP contribution in [0.4, 0.5) is 0 Å². The molecule has 2 aromatic carbocycles. The van der Waals surface area contributed by atoms with Crippen molar-refractivity contribution in [2.24, 2.45) is 0 Å². The largest absolute Gasteiger partial charge is 0.497 e. The topological polar surface area (TPSA) is 47.3 Å². The average molecular weight is 240 g/mol. The lowest BCUT2D eigenvalue weighted by Gasteiger charge is -2.03. The maximum Gasteiger partial charge on any atom is 0.176 e. The lowest BCUT2D eigenvalue weighted by Crippen LogP contribution is -1.94. The lowest BCUT2D eigenvalue weighted by molar-refractivity contribution is 0.203. The molecule has 1 N–H and O–H groups in total. The van der Waals surface area contributed by atoms with Crippen LogP contribution in [0, 0.1) is 0 Å². The molecular formula is C14H12N2O2. The minimum atomic E-state index is 0.509. The van der Waals surface area contributed by atoms with Gasteiger partial charge in [0.25, 0.3) is 0 Å². The zero-order chi connectivity index (χ0) is 12.5. The van der Waals surface area contributed by atoms with Gasteiger partial charge in [0.2, 0.25) is 0 Å². The van der Waals surface area contributed by atoms with Crippen LogP contribution in [-0.2, 0) is 0 Å². The normalized spacial score (nSPS) is 10.7. The maximum atomic E-state index is 10.1. The molecule has 1 heterocycles. The quantitative estimate of drug-likeness (QED) is 0.700. The highest BCUT2D eigenvalue weighted by atomic mass is 16.5. The Morgan fingerprint density at radius 2 is 1.94 bits per heavy atom. The van der Waals surface area contributed by atoms with E-state index in [2.05, 4.69) is 4.98 Å². The zero-order valence-corrected chi connectivity index (χ0v) is 9.87. The number of imidazole rings is 1. The molecule has 4 nitrogen and oxygen atoms in total. The predicted octanol–water partition coefficient (Wildman–Crippen LogP) is 2.95. The SMILES string of the molecule is COc1cccc(-c2nc3ccccc3n2O)c1. The first-order valence-corrected chi connectivity index (χ1v) is 5.61. The molecule has 1 aromatic heterocycles. The highest BCUT2D eigenvalue weighted by Crippen LogP contribution is 2.25. The van der Waals surface area contributed by atoms with Crippen LogP contribution in [0.25, 0.3) is 22.4 Å². The molecule has 0 saturated heterocycles. The summed E-state index contributed by atoms with van der Waals surface area (Å²) in [5.74, 6) is 1.25. The molecule has 0 unspecified atom stereocenters. The van der Waals surface area contributed by atoms with E-state index in [9.17, 15) is 5.21 Å². The van der Waals surface area contributed by atoms with Crippen molar-refractivity contribution in [3.05, 3.63) is 48.5 Å². The number of ether oxygens (including phenoxy) is 1. The average Bonchev–Trinajstić information content (AvgIpc) is 2.77. The number of nitrogens with zero attached hydrogens (tertiary/aromatic N) is 2. The molecule has 0 fully saturated rings. The summed E-state index contributed by atoms with van der Waals surface area (Å²) >= 11 is 0. The molecule has 0 atom stereocenters. The van der Waals surface area contributed by atoms with Crippen LogP contribution in [0.15, 0.2) is 48.5 Å². The van der Waals surface area contributed by atoms with Crippen molar-refractivity contribution in [1.29, 1.82) is 0 Å². The Hall–Kier alpha value is -2.49. The number of methoxy groups -OCH3 is 1. The van der Waals surface area contributed by atoms with Gasteiger partial charge in [0.05, 0.1) is 12.6 Å². The summed E-state index contributed by atoms with van der Waals surface area (Å²) in [7, 11) is 1.61. The molecule has 0 aliphatic heterocycles. The number of hydrogen-bond donors (Lipinski definition) is 1. The fourth-order valence-corrected chi connectivity index (χ4v) is 1.96. The Balaban J connectivity index is 2.21. The van der Waals surface area contributed by atoms with E-state index in [0.29, 0.717) is 11.3 Å². The summed E-state index contributed by atoms with van der Waals surface area (Å²) in [4.78, 5) is 4.42. The standard InChI is InChI=1S/C14H12N2O2/c1-18-11-6-4-5-10(9-11)14-15-12-7-2-3-8-13(12)16(14)17/h2-9,17H,1H3. The van der Waals surface area contributed by atoms with E-state index in [1.54, 1.807) is 7.11 Å². The van der Waals surface area contributed by atoms with Crippen molar-refractivity contribution < 1.29 is 9.94 Å². The highest BCUT2D eigenvalue weighted by Gasteiger charge is 2.11. The van der Waals surface area contributed by atoms with Gasteiger partial charge in [0, 0.05) is 5.56 Å². The fraction of sp³-hybridized carbons (Fsp3) is 0.0714. The van der Waals surface area contributed by atoms with E-state index < -0.39 is 0 Å². The van der Waals surface area contributed by atoms with Crippen molar-refractivity contribution in [2.45, 2.75) is 0 Å². The smallest absolute Gasteiger partial charge is 0.176 e. The van der Waals surface area contributed by atoms with E-state index in [0.717, 1.165) is 21.6 Å². The molecule has 4 heteroatoms. The van der Waals surface area contributed by atoms with Crippen LogP contribution in [0.5, 0.6) is 5.75 Å². The molecule has 0 aliphatic carbocycles. The van der Waals surface area contributed by atoms with Gasteiger partial charge >= 0.3 is 0 Å². The van der Waals surface area contributed by atoms with Crippen molar-refractivity contribution in [2.75, 3.05) is 7.11 Å². The lowest BCUT2D eigenvalue weighted by atomic mass is 10.2. The van der Waals surface area contributed by atoms with E-state index in [-0.39, 0.29) is 0 Å². The zero-order valence-electron chi connectivity index (χ0n) is 9.87. The summed E-state index contributed by atoms with van der Waals surface area (Å²) < 4.78 is 6.27. The molecular weight excluding hydrogens is 228 g/mol. The van der Waals surface area contributed by atoms with Crippen molar-refractivity contribution >= 4 is 11.0 Å². The van der Waals surface area contributed by atoms with Crippen molar-refractivity contribution in [3.8, 4) is 17.1 Å². The van der Waals surface area contributed by atoms with Gasteiger partial charge in [-0.25, -0.2) is 4.98 Å². The summed E-state index contributed by atoms with van der Waals surface area (Å²) in [5.41, 5.74) is 2.26. The number of aromatic nitrogens is 2. The fourth-order valence-electron chi connectivity index (χ4n) is 1.96. The monoisotopic (exact) mass is 240 g/mol. The molecule has 3 aromatic rings. The molecule has 0 spiro atoms. The number of benzene rings is 2. The van der Waals surface area contributed by atoms with E-state index in [1.807, 2.05) is 48.5 Å². The Kier molecular flexibility index (Phi) is 2.41. The second-order valence-electron chi connectivity index (χ2n) is 3.97. The van der Waals surface area contributed by atoms with Crippen LogP contribution in [0.3, 0.4) is 0 Å². The van der Waals surface area contributed by atoms with Gasteiger partial charge < -0.3 is 9.94 Å².